The smallest absolute Gasteiger partial charge is 0.125 e. The third-order valence-electron chi connectivity index (χ3n) is 2.97. The van der Waals surface area contributed by atoms with Gasteiger partial charge in [0.15, 0.2) is 0 Å². The van der Waals surface area contributed by atoms with Gasteiger partial charge < -0.3 is 9.84 Å². The highest BCUT2D eigenvalue weighted by atomic mass is 16.5. The minimum atomic E-state index is -1.05. The summed E-state index contributed by atoms with van der Waals surface area (Å²) in [4.78, 5) is 0. The van der Waals surface area contributed by atoms with E-state index in [1.54, 1.807) is 14.0 Å². The summed E-state index contributed by atoms with van der Waals surface area (Å²) >= 11 is 0. The Balaban J connectivity index is 2.51. The van der Waals surface area contributed by atoms with Crippen molar-refractivity contribution < 1.29 is 9.84 Å². The first-order valence-electron chi connectivity index (χ1n) is 5.57. The van der Waals surface area contributed by atoms with E-state index in [4.69, 9.17) is 4.74 Å². The van der Waals surface area contributed by atoms with Crippen molar-refractivity contribution in [3.8, 4) is 5.75 Å². The van der Waals surface area contributed by atoms with E-state index in [2.05, 4.69) is 0 Å². The van der Waals surface area contributed by atoms with Gasteiger partial charge in [0.2, 0.25) is 0 Å². The van der Waals surface area contributed by atoms with Crippen LogP contribution in [0.2, 0.25) is 0 Å². The van der Waals surface area contributed by atoms with Crippen LogP contribution in [0.5, 0.6) is 5.75 Å². The summed E-state index contributed by atoms with van der Waals surface area (Å²) in [6.07, 6.45) is 0. The van der Waals surface area contributed by atoms with E-state index in [0.717, 1.165) is 11.1 Å². The molecule has 0 radical (unpaired) electrons. The number of hydrogen-bond donors (Lipinski definition) is 1. The van der Waals surface area contributed by atoms with E-state index in [0.29, 0.717) is 5.75 Å². The number of rotatable bonds is 3. The molecule has 88 valence electrons. The van der Waals surface area contributed by atoms with Gasteiger partial charge in [-0.2, -0.15) is 0 Å². The van der Waals surface area contributed by atoms with Crippen molar-refractivity contribution in [3.63, 3.8) is 0 Å². The van der Waals surface area contributed by atoms with Crippen LogP contribution < -0.4 is 4.74 Å². The summed E-state index contributed by atoms with van der Waals surface area (Å²) in [5, 5.41) is 10.7. The molecule has 0 aliphatic rings. The largest absolute Gasteiger partial charge is 0.496 e. The zero-order valence-corrected chi connectivity index (χ0v) is 10.1. The Morgan fingerprint density at radius 2 is 1.53 bits per heavy atom. The molecule has 0 aliphatic carbocycles. The first-order chi connectivity index (χ1) is 8.16. The molecule has 0 amide bonds. The monoisotopic (exact) mass is 228 g/mol. The molecule has 2 aromatic carbocycles. The zero-order valence-electron chi connectivity index (χ0n) is 10.1. The van der Waals surface area contributed by atoms with Gasteiger partial charge >= 0.3 is 0 Å². The second kappa shape index (κ2) is 4.60. The first kappa shape index (κ1) is 11.7. The van der Waals surface area contributed by atoms with Crippen LogP contribution in [0.1, 0.15) is 18.1 Å². The molecule has 0 saturated heterocycles. The van der Waals surface area contributed by atoms with E-state index >= 15 is 0 Å². The molecule has 2 nitrogen and oxygen atoms in total. The van der Waals surface area contributed by atoms with Crippen LogP contribution in [-0.4, -0.2) is 12.2 Å². The average Bonchev–Trinajstić information content (AvgIpc) is 2.39. The maximum absolute atomic E-state index is 10.7. The van der Waals surface area contributed by atoms with Crippen LogP contribution in [0, 0.1) is 0 Å². The summed E-state index contributed by atoms with van der Waals surface area (Å²) in [7, 11) is 1.61. The van der Waals surface area contributed by atoms with Gasteiger partial charge in [0, 0.05) is 5.56 Å². The Kier molecular flexibility index (Phi) is 3.16. The van der Waals surface area contributed by atoms with Gasteiger partial charge in [-0.05, 0) is 18.6 Å². The highest BCUT2D eigenvalue weighted by Gasteiger charge is 2.28. The first-order valence-corrected chi connectivity index (χ1v) is 5.57. The third kappa shape index (κ3) is 2.17. The average molecular weight is 228 g/mol. The Hall–Kier alpha value is -1.80. The van der Waals surface area contributed by atoms with Gasteiger partial charge in [-0.15, -0.1) is 0 Å². The zero-order chi connectivity index (χ0) is 12.3. The second-order valence-electron chi connectivity index (χ2n) is 4.14. The van der Waals surface area contributed by atoms with Gasteiger partial charge in [0.1, 0.15) is 11.4 Å². The number of ether oxygens (including phenoxy) is 1. The minimum absolute atomic E-state index is 0.696. The third-order valence-corrected chi connectivity index (χ3v) is 2.97. The molecule has 0 aromatic heterocycles. The maximum Gasteiger partial charge on any atom is 0.125 e. The lowest BCUT2D eigenvalue weighted by Crippen LogP contribution is -2.23. The fourth-order valence-electron chi connectivity index (χ4n) is 1.96. The molecule has 0 heterocycles. The molecule has 1 atom stereocenters. The summed E-state index contributed by atoms with van der Waals surface area (Å²) in [5.41, 5.74) is 0.576. The highest BCUT2D eigenvalue weighted by molar-refractivity contribution is 5.43. The van der Waals surface area contributed by atoms with Crippen LogP contribution in [0.3, 0.4) is 0 Å². The number of aliphatic hydroxyl groups is 1. The number of hydrogen-bond acceptors (Lipinski definition) is 2. The molecular formula is C15H16O2. The van der Waals surface area contributed by atoms with Crippen LogP contribution >= 0.6 is 0 Å². The summed E-state index contributed by atoms with van der Waals surface area (Å²) < 4.78 is 5.29. The fraction of sp³-hybridized carbons (Fsp3) is 0.200. The summed E-state index contributed by atoms with van der Waals surface area (Å²) in [5.74, 6) is 0.696. The van der Waals surface area contributed by atoms with Crippen LogP contribution in [0.15, 0.2) is 54.6 Å². The summed E-state index contributed by atoms with van der Waals surface area (Å²) in [6.45, 7) is 1.78. The molecule has 2 rings (SSSR count). The van der Waals surface area contributed by atoms with Crippen molar-refractivity contribution in [1.82, 2.24) is 0 Å². The van der Waals surface area contributed by atoms with Crippen molar-refractivity contribution in [2.24, 2.45) is 0 Å². The predicted molar refractivity (Wildman–Crippen MR) is 68.1 cm³/mol. The van der Waals surface area contributed by atoms with Gasteiger partial charge in [-0.1, -0.05) is 48.5 Å². The molecule has 0 saturated carbocycles. The molecule has 0 unspecified atom stereocenters. The molecule has 1 N–H and O–H groups in total. The van der Waals surface area contributed by atoms with Crippen molar-refractivity contribution in [1.29, 1.82) is 0 Å². The highest BCUT2D eigenvalue weighted by Crippen LogP contribution is 2.34. The maximum atomic E-state index is 10.7. The van der Waals surface area contributed by atoms with E-state index in [1.165, 1.54) is 0 Å². The van der Waals surface area contributed by atoms with Crippen molar-refractivity contribution in [3.05, 3.63) is 65.7 Å². The molecular weight excluding hydrogens is 212 g/mol. The molecule has 0 fully saturated rings. The quantitative estimate of drug-likeness (QED) is 0.875. The van der Waals surface area contributed by atoms with E-state index in [1.807, 2.05) is 54.6 Å². The van der Waals surface area contributed by atoms with E-state index in [9.17, 15) is 5.11 Å². The molecule has 2 aromatic rings. The summed E-state index contributed by atoms with van der Waals surface area (Å²) in [6, 6.07) is 17.1. The van der Waals surface area contributed by atoms with E-state index < -0.39 is 5.60 Å². The van der Waals surface area contributed by atoms with Gasteiger partial charge in [-0.25, -0.2) is 0 Å². The molecule has 0 bridgehead atoms. The van der Waals surface area contributed by atoms with Crippen molar-refractivity contribution in [2.45, 2.75) is 12.5 Å². The number of methoxy groups -OCH3 is 1. The Morgan fingerprint density at radius 3 is 2.18 bits per heavy atom. The van der Waals surface area contributed by atoms with Gasteiger partial charge in [-0.3, -0.25) is 0 Å². The van der Waals surface area contributed by atoms with Crippen molar-refractivity contribution >= 4 is 0 Å². The molecule has 17 heavy (non-hydrogen) atoms. The van der Waals surface area contributed by atoms with Crippen molar-refractivity contribution in [2.75, 3.05) is 7.11 Å². The molecule has 2 heteroatoms. The topological polar surface area (TPSA) is 29.5 Å². The SMILES string of the molecule is COc1ccccc1[C@](C)(O)c1ccccc1. The fourth-order valence-corrected chi connectivity index (χ4v) is 1.96. The van der Waals surface area contributed by atoms with Crippen LogP contribution in [0.25, 0.3) is 0 Å². The number of para-hydroxylation sites is 1. The Morgan fingerprint density at radius 1 is 0.941 bits per heavy atom. The van der Waals surface area contributed by atoms with Crippen LogP contribution in [0.4, 0.5) is 0 Å². The Labute approximate surface area is 101 Å². The van der Waals surface area contributed by atoms with Crippen LogP contribution in [-0.2, 0) is 5.60 Å². The lowest BCUT2D eigenvalue weighted by molar-refractivity contribution is 0.0989. The number of benzene rings is 2. The van der Waals surface area contributed by atoms with Gasteiger partial charge in [0.05, 0.1) is 7.11 Å². The van der Waals surface area contributed by atoms with Gasteiger partial charge in [0.25, 0.3) is 0 Å². The minimum Gasteiger partial charge on any atom is -0.496 e. The molecule has 0 spiro atoms. The lowest BCUT2D eigenvalue weighted by atomic mass is 9.88. The second-order valence-corrected chi connectivity index (χ2v) is 4.14. The standard InChI is InChI=1S/C15H16O2/c1-15(16,12-8-4-3-5-9-12)13-10-6-7-11-14(13)17-2/h3-11,16H,1-2H3/t15-/m1/s1. The lowest BCUT2D eigenvalue weighted by Gasteiger charge is -2.26. The predicted octanol–water partition coefficient (Wildman–Crippen LogP) is 2.95. The molecule has 0 aliphatic heterocycles. The van der Waals surface area contributed by atoms with E-state index in [-0.39, 0.29) is 0 Å². The Bertz CT molecular complexity index is 489. The normalized spacial score (nSPS) is 14.1.